The van der Waals surface area contributed by atoms with Crippen LogP contribution < -0.4 is 10.0 Å². The fourth-order valence-electron chi connectivity index (χ4n) is 2.94. The standard InChI is InChI=1S/C16H26N2O2S/c1-2-17-15-9-11-16(12-10-15)21(19,20)18-13-5-8-14-6-3-4-7-14/h9-12,14,17-18H,2-8,13H2,1H3. The average Bonchev–Trinajstić information content (AvgIpc) is 2.98. The zero-order chi connectivity index (χ0) is 15.1. The van der Waals surface area contributed by atoms with Crippen LogP contribution in [0.5, 0.6) is 0 Å². The van der Waals surface area contributed by atoms with Crippen LogP contribution >= 0.6 is 0 Å². The molecule has 0 atom stereocenters. The van der Waals surface area contributed by atoms with Gasteiger partial charge in [0, 0.05) is 18.8 Å². The Morgan fingerprint density at radius 3 is 2.43 bits per heavy atom. The molecular weight excluding hydrogens is 284 g/mol. The number of hydrogen-bond acceptors (Lipinski definition) is 3. The highest BCUT2D eigenvalue weighted by atomic mass is 32.2. The summed E-state index contributed by atoms with van der Waals surface area (Å²) in [6.07, 6.45) is 7.39. The van der Waals surface area contributed by atoms with Gasteiger partial charge in [0.05, 0.1) is 4.90 Å². The molecule has 0 aliphatic heterocycles. The van der Waals surface area contributed by atoms with E-state index in [0.29, 0.717) is 11.4 Å². The fraction of sp³-hybridized carbons (Fsp3) is 0.625. The molecule has 1 aromatic rings. The van der Waals surface area contributed by atoms with E-state index in [2.05, 4.69) is 10.0 Å². The van der Waals surface area contributed by atoms with Gasteiger partial charge in [0.25, 0.3) is 0 Å². The van der Waals surface area contributed by atoms with E-state index in [1.165, 1.54) is 25.7 Å². The molecule has 1 aliphatic rings. The minimum absolute atomic E-state index is 0.338. The summed E-state index contributed by atoms with van der Waals surface area (Å²) in [6, 6.07) is 6.90. The van der Waals surface area contributed by atoms with Crippen molar-refractivity contribution in [2.75, 3.05) is 18.4 Å². The van der Waals surface area contributed by atoms with Crippen molar-refractivity contribution in [1.29, 1.82) is 0 Å². The Hall–Kier alpha value is -1.07. The van der Waals surface area contributed by atoms with Gasteiger partial charge >= 0.3 is 0 Å². The second-order valence-corrected chi connectivity index (χ2v) is 7.51. The quantitative estimate of drug-likeness (QED) is 0.724. The molecule has 5 heteroatoms. The van der Waals surface area contributed by atoms with Gasteiger partial charge in [0.1, 0.15) is 0 Å². The zero-order valence-corrected chi connectivity index (χ0v) is 13.6. The minimum Gasteiger partial charge on any atom is -0.385 e. The Kier molecular flexibility index (Phi) is 6.06. The molecule has 0 unspecified atom stereocenters. The van der Waals surface area contributed by atoms with Crippen molar-refractivity contribution in [3.63, 3.8) is 0 Å². The van der Waals surface area contributed by atoms with Crippen LogP contribution in [0.4, 0.5) is 5.69 Å². The lowest BCUT2D eigenvalue weighted by atomic mass is 10.0. The minimum atomic E-state index is -3.37. The first-order chi connectivity index (χ1) is 10.1. The number of nitrogens with one attached hydrogen (secondary N) is 2. The first-order valence-corrected chi connectivity index (χ1v) is 9.44. The van der Waals surface area contributed by atoms with Crippen LogP contribution in [0.15, 0.2) is 29.2 Å². The summed E-state index contributed by atoms with van der Waals surface area (Å²) >= 11 is 0. The summed E-state index contributed by atoms with van der Waals surface area (Å²) in [7, 11) is -3.37. The van der Waals surface area contributed by atoms with E-state index in [4.69, 9.17) is 0 Å². The molecule has 21 heavy (non-hydrogen) atoms. The predicted octanol–water partition coefficient (Wildman–Crippen LogP) is 3.37. The Bertz CT molecular complexity index is 520. The lowest BCUT2D eigenvalue weighted by molar-refractivity contribution is 0.480. The highest BCUT2D eigenvalue weighted by Crippen LogP contribution is 2.28. The van der Waals surface area contributed by atoms with Crippen LogP contribution in [0, 0.1) is 5.92 Å². The number of anilines is 1. The van der Waals surface area contributed by atoms with Crippen molar-refractivity contribution >= 4 is 15.7 Å². The van der Waals surface area contributed by atoms with Crippen LogP contribution in [0.3, 0.4) is 0 Å². The number of hydrogen-bond donors (Lipinski definition) is 2. The lowest BCUT2D eigenvalue weighted by Crippen LogP contribution is -2.25. The summed E-state index contributed by atoms with van der Waals surface area (Å²) < 4.78 is 27.0. The van der Waals surface area contributed by atoms with Gasteiger partial charge in [-0.05, 0) is 49.9 Å². The van der Waals surface area contributed by atoms with Gasteiger partial charge in [-0.25, -0.2) is 13.1 Å². The van der Waals surface area contributed by atoms with Gasteiger partial charge in [0.2, 0.25) is 10.0 Å². The molecule has 2 rings (SSSR count). The molecule has 0 spiro atoms. The van der Waals surface area contributed by atoms with E-state index in [1.807, 2.05) is 6.92 Å². The molecule has 0 saturated heterocycles. The number of rotatable bonds is 8. The molecule has 1 aromatic carbocycles. The van der Waals surface area contributed by atoms with Crippen molar-refractivity contribution in [2.45, 2.75) is 50.3 Å². The van der Waals surface area contributed by atoms with Crippen molar-refractivity contribution < 1.29 is 8.42 Å². The summed E-state index contributed by atoms with van der Waals surface area (Å²) in [5.41, 5.74) is 0.942. The highest BCUT2D eigenvalue weighted by Gasteiger charge is 2.16. The second kappa shape index (κ2) is 7.80. The third kappa shape index (κ3) is 5.00. The maximum Gasteiger partial charge on any atom is 0.240 e. The molecular formula is C16H26N2O2S. The van der Waals surface area contributed by atoms with Crippen LogP contribution in [0.2, 0.25) is 0 Å². The van der Waals surface area contributed by atoms with E-state index in [0.717, 1.165) is 31.0 Å². The third-order valence-corrected chi connectivity index (χ3v) is 5.58. The molecule has 0 aromatic heterocycles. The van der Waals surface area contributed by atoms with E-state index in [9.17, 15) is 8.42 Å². The first-order valence-electron chi connectivity index (χ1n) is 7.95. The average molecular weight is 310 g/mol. The maximum atomic E-state index is 12.2. The van der Waals surface area contributed by atoms with Crippen LogP contribution in [-0.4, -0.2) is 21.5 Å². The molecule has 0 radical (unpaired) electrons. The molecule has 0 heterocycles. The summed E-state index contributed by atoms with van der Waals surface area (Å²) in [5.74, 6) is 0.814. The fourth-order valence-corrected chi connectivity index (χ4v) is 4.01. The monoisotopic (exact) mass is 310 g/mol. The largest absolute Gasteiger partial charge is 0.385 e. The van der Waals surface area contributed by atoms with Crippen molar-refractivity contribution in [2.24, 2.45) is 5.92 Å². The summed E-state index contributed by atoms with van der Waals surface area (Å²) in [5, 5.41) is 3.15. The first kappa shape index (κ1) is 16.3. The Morgan fingerprint density at radius 2 is 1.81 bits per heavy atom. The van der Waals surface area contributed by atoms with Crippen molar-refractivity contribution in [3.05, 3.63) is 24.3 Å². The van der Waals surface area contributed by atoms with Crippen LogP contribution in [0.1, 0.15) is 45.4 Å². The van der Waals surface area contributed by atoms with Crippen LogP contribution in [0.25, 0.3) is 0 Å². The lowest BCUT2D eigenvalue weighted by Gasteiger charge is -2.10. The molecule has 2 N–H and O–H groups in total. The van der Waals surface area contributed by atoms with E-state index >= 15 is 0 Å². The third-order valence-electron chi connectivity index (χ3n) is 4.10. The SMILES string of the molecule is CCNc1ccc(S(=O)(=O)NCCCC2CCCC2)cc1. The number of benzene rings is 1. The van der Waals surface area contributed by atoms with Crippen molar-refractivity contribution in [3.8, 4) is 0 Å². The molecule has 118 valence electrons. The van der Waals surface area contributed by atoms with Gasteiger partial charge in [-0.2, -0.15) is 0 Å². The highest BCUT2D eigenvalue weighted by molar-refractivity contribution is 7.89. The van der Waals surface area contributed by atoms with Crippen LogP contribution in [-0.2, 0) is 10.0 Å². The predicted molar refractivity (Wildman–Crippen MR) is 87.0 cm³/mol. The second-order valence-electron chi connectivity index (χ2n) is 5.75. The van der Waals surface area contributed by atoms with E-state index in [-0.39, 0.29) is 0 Å². The van der Waals surface area contributed by atoms with Gasteiger partial charge in [-0.15, -0.1) is 0 Å². The molecule has 4 nitrogen and oxygen atoms in total. The summed E-state index contributed by atoms with van der Waals surface area (Å²) in [6.45, 7) is 3.37. The smallest absolute Gasteiger partial charge is 0.240 e. The summed E-state index contributed by atoms with van der Waals surface area (Å²) in [4.78, 5) is 0.338. The zero-order valence-electron chi connectivity index (χ0n) is 12.8. The number of sulfonamides is 1. The van der Waals surface area contributed by atoms with Gasteiger partial charge in [-0.1, -0.05) is 25.7 Å². The Morgan fingerprint density at radius 1 is 1.14 bits per heavy atom. The Labute approximate surface area is 128 Å². The van der Waals surface area contributed by atoms with Crippen molar-refractivity contribution in [1.82, 2.24) is 4.72 Å². The normalized spacial score (nSPS) is 16.2. The molecule has 1 aliphatic carbocycles. The maximum absolute atomic E-state index is 12.2. The van der Waals surface area contributed by atoms with Gasteiger partial charge in [-0.3, -0.25) is 0 Å². The van der Waals surface area contributed by atoms with Gasteiger partial charge in [0.15, 0.2) is 0 Å². The molecule has 0 amide bonds. The molecule has 0 bridgehead atoms. The molecule has 1 fully saturated rings. The van der Waals surface area contributed by atoms with E-state index in [1.54, 1.807) is 24.3 Å². The molecule has 1 saturated carbocycles. The van der Waals surface area contributed by atoms with Gasteiger partial charge < -0.3 is 5.32 Å². The van der Waals surface area contributed by atoms with E-state index < -0.39 is 10.0 Å². The Balaban J connectivity index is 1.80. The topological polar surface area (TPSA) is 58.2 Å².